The Morgan fingerprint density at radius 3 is 2.62 bits per heavy atom. The van der Waals surface area contributed by atoms with Gasteiger partial charge in [0.05, 0.1) is 15.9 Å². The van der Waals surface area contributed by atoms with Crippen LogP contribution >= 0.6 is 31.9 Å². The molecule has 1 nitrogen and oxygen atoms in total. The summed E-state index contributed by atoms with van der Waals surface area (Å²) in [6, 6.07) is 9.66. The van der Waals surface area contributed by atoms with Crippen LogP contribution in [0.5, 0.6) is 5.75 Å². The van der Waals surface area contributed by atoms with E-state index < -0.39 is 16.5 Å². The zero-order chi connectivity index (χ0) is 15.4. The van der Waals surface area contributed by atoms with Gasteiger partial charge in [-0.2, -0.15) is 0 Å². The van der Waals surface area contributed by atoms with Crippen LogP contribution in [0.2, 0.25) is 0 Å². The van der Waals surface area contributed by atoms with Crippen molar-refractivity contribution >= 4 is 31.9 Å². The van der Waals surface area contributed by atoms with Gasteiger partial charge in [-0.25, -0.2) is 8.78 Å². The molecular weight excluding hydrogens is 406 g/mol. The van der Waals surface area contributed by atoms with Crippen molar-refractivity contribution in [1.29, 1.82) is 0 Å². The average Bonchev–Trinajstić information content (AvgIpc) is 2.48. The van der Waals surface area contributed by atoms with Crippen LogP contribution in [0.3, 0.4) is 0 Å². The van der Waals surface area contributed by atoms with Gasteiger partial charge >= 0.3 is 0 Å². The van der Waals surface area contributed by atoms with Gasteiger partial charge in [-0.1, -0.05) is 41.1 Å². The summed E-state index contributed by atoms with van der Waals surface area (Å²) in [6.45, 7) is 2.66. The largest absolute Gasteiger partial charge is 0.492 e. The van der Waals surface area contributed by atoms with Crippen LogP contribution in [0.4, 0.5) is 8.78 Å². The van der Waals surface area contributed by atoms with Crippen molar-refractivity contribution in [3.63, 3.8) is 0 Å². The van der Waals surface area contributed by atoms with Crippen LogP contribution in [0.25, 0.3) is 0 Å². The molecule has 0 bridgehead atoms. The van der Waals surface area contributed by atoms with Gasteiger partial charge in [-0.3, -0.25) is 0 Å². The zero-order valence-corrected chi connectivity index (χ0v) is 14.5. The molecule has 2 aromatic rings. The third kappa shape index (κ3) is 3.83. The van der Waals surface area contributed by atoms with Crippen LogP contribution in [-0.2, 0) is 0 Å². The lowest BCUT2D eigenvalue weighted by Gasteiger charge is -2.14. The number of hydrogen-bond donors (Lipinski definition) is 0. The lowest BCUT2D eigenvalue weighted by molar-refractivity contribution is 0.315. The SMILES string of the molecule is CCCOc1ccc(C(Br)c2cccc(F)c2F)cc1Br. The maximum Gasteiger partial charge on any atom is 0.163 e. The van der Waals surface area contributed by atoms with E-state index in [4.69, 9.17) is 4.74 Å². The van der Waals surface area contributed by atoms with Crippen molar-refractivity contribution in [2.24, 2.45) is 0 Å². The predicted molar refractivity (Wildman–Crippen MR) is 87.1 cm³/mol. The molecular formula is C16H14Br2F2O. The Kier molecular flexibility index (Phi) is 5.76. The summed E-state index contributed by atoms with van der Waals surface area (Å²) in [5.41, 5.74) is 1.08. The quantitative estimate of drug-likeness (QED) is 0.540. The summed E-state index contributed by atoms with van der Waals surface area (Å²) in [5.74, 6) is -0.944. The fourth-order valence-corrected chi connectivity index (χ4v) is 3.05. The van der Waals surface area contributed by atoms with E-state index in [9.17, 15) is 8.78 Å². The van der Waals surface area contributed by atoms with Crippen LogP contribution < -0.4 is 4.74 Å². The molecule has 0 saturated carbocycles. The lowest BCUT2D eigenvalue weighted by atomic mass is 10.0. The number of benzene rings is 2. The highest BCUT2D eigenvalue weighted by atomic mass is 79.9. The second-order valence-corrected chi connectivity index (χ2v) is 6.31. The van der Waals surface area contributed by atoms with Crippen molar-refractivity contribution in [2.75, 3.05) is 6.61 Å². The average molecular weight is 420 g/mol. The number of halogens is 4. The van der Waals surface area contributed by atoms with Crippen LogP contribution in [0.1, 0.15) is 29.3 Å². The second kappa shape index (κ2) is 7.36. The van der Waals surface area contributed by atoms with Crippen LogP contribution in [0.15, 0.2) is 40.9 Å². The molecule has 0 aliphatic rings. The molecule has 0 amide bonds. The van der Waals surface area contributed by atoms with Crippen molar-refractivity contribution in [3.8, 4) is 5.75 Å². The molecule has 0 aliphatic carbocycles. The Morgan fingerprint density at radius 1 is 1.19 bits per heavy atom. The first-order valence-corrected chi connectivity index (χ1v) is 8.25. The normalized spacial score (nSPS) is 12.2. The summed E-state index contributed by atoms with van der Waals surface area (Å²) < 4.78 is 33.5. The molecule has 1 unspecified atom stereocenters. The fourth-order valence-electron chi connectivity index (χ4n) is 1.90. The van der Waals surface area contributed by atoms with E-state index in [1.165, 1.54) is 6.07 Å². The van der Waals surface area contributed by atoms with E-state index in [2.05, 4.69) is 31.9 Å². The first-order chi connectivity index (χ1) is 10.0. The number of hydrogen-bond acceptors (Lipinski definition) is 1. The number of ether oxygens (including phenoxy) is 1. The minimum absolute atomic E-state index is 0.268. The van der Waals surface area contributed by atoms with Crippen molar-refractivity contribution in [3.05, 3.63) is 63.6 Å². The van der Waals surface area contributed by atoms with Gasteiger partial charge < -0.3 is 4.74 Å². The van der Waals surface area contributed by atoms with Gasteiger partial charge in [-0.15, -0.1) is 0 Å². The molecule has 0 aromatic heterocycles. The van der Waals surface area contributed by atoms with E-state index in [1.54, 1.807) is 6.07 Å². The van der Waals surface area contributed by atoms with Crippen LogP contribution in [-0.4, -0.2) is 6.61 Å². The lowest BCUT2D eigenvalue weighted by Crippen LogP contribution is -2.00. The summed E-state index contributed by atoms with van der Waals surface area (Å²) in [6.07, 6.45) is 0.920. The first-order valence-electron chi connectivity index (χ1n) is 6.54. The van der Waals surface area contributed by atoms with Gasteiger partial charge in [0.2, 0.25) is 0 Å². The molecule has 0 radical (unpaired) electrons. The van der Waals surface area contributed by atoms with E-state index >= 15 is 0 Å². The van der Waals surface area contributed by atoms with E-state index in [1.807, 2.05) is 25.1 Å². The highest BCUT2D eigenvalue weighted by Gasteiger charge is 2.18. The molecule has 5 heteroatoms. The zero-order valence-electron chi connectivity index (χ0n) is 11.4. The molecule has 0 fully saturated rings. The third-order valence-corrected chi connectivity index (χ3v) is 4.61. The van der Waals surface area contributed by atoms with Gasteiger partial charge in [0.15, 0.2) is 11.6 Å². The highest BCUT2D eigenvalue weighted by molar-refractivity contribution is 9.10. The molecule has 21 heavy (non-hydrogen) atoms. The maximum atomic E-state index is 13.8. The van der Waals surface area contributed by atoms with Gasteiger partial charge in [0, 0.05) is 5.56 Å². The third-order valence-electron chi connectivity index (χ3n) is 2.96. The molecule has 2 aromatic carbocycles. The highest BCUT2D eigenvalue weighted by Crippen LogP contribution is 2.36. The molecule has 0 N–H and O–H groups in total. The Balaban J connectivity index is 2.29. The molecule has 0 heterocycles. The Hall–Kier alpha value is -0.940. The Labute approximate surface area is 139 Å². The molecule has 2 rings (SSSR count). The summed E-state index contributed by atoms with van der Waals surface area (Å²) in [7, 11) is 0. The van der Waals surface area contributed by atoms with Gasteiger partial charge in [0.1, 0.15) is 5.75 Å². The predicted octanol–water partition coefficient (Wildman–Crippen LogP) is 6.00. The molecule has 0 aliphatic heterocycles. The second-order valence-electron chi connectivity index (χ2n) is 4.54. The first kappa shape index (κ1) is 16.4. The standard InChI is InChI=1S/C16H14Br2F2O/c1-2-8-21-14-7-6-10(9-12(14)17)15(18)11-4-3-5-13(19)16(11)20/h3-7,9,15H,2,8H2,1H3. The van der Waals surface area contributed by atoms with E-state index in [0.717, 1.165) is 28.3 Å². The summed E-state index contributed by atoms with van der Waals surface area (Å²) >= 11 is 6.86. The van der Waals surface area contributed by atoms with E-state index in [-0.39, 0.29) is 5.56 Å². The summed E-state index contributed by atoms with van der Waals surface area (Å²) in [5, 5.41) is 0. The number of rotatable bonds is 5. The summed E-state index contributed by atoms with van der Waals surface area (Å²) in [4.78, 5) is -0.426. The van der Waals surface area contributed by atoms with Gasteiger partial charge in [-0.05, 0) is 46.1 Å². The number of alkyl halides is 1. The van der Waals surface area contributed by atoms with Crippen LogP contribution in [0, 0.1) is 11.6 Å². The topological polar surface area (TPSA) is 9.23 Å². The Bertz CT molecular complexity index is 632. The molecule has 0 saturated heterocycles. The Morgan fingerprint density at radius 2 is 1.95 bits per heavy atom. The minimum atomic E-state index is -0.848. The molecule has 112 valence electrons. The van der Waals surface area contributed by atoms with Crippen molar-refractivity contribution in [2.45, 2.75) is 18.2 Å². The van der Waals surface area contributed by atoms with E-state index in [0.29, 0.717) is 6.61 Å². The molecule has 1 atom stereocenters. The monoisotopic (exact) mass is 418 g/mol. The minimum Gasteiger partial charge on any atom is -0.492 e. The van der Waals surface area contributed by atoms with Gasteiger partial charge in [0.25, 0.3) is 0 Å². The fraction of sp³-hybridized carbons (Fsp3) is 0.250. The van der Waals surface area contributed by atoms with Crippen molar-refractivity contribution in [1.82, 2.24) is 0 Å². The van der Waals surface area contributed by atoms with Crippen molar-refractivity contribution < 1.29 is 13.5 Å². The maximum absolute atomic E-state index is 13.8. The smallest absolute Gasteiger partial charge is 0.163 e. The molecule has 0 spiro atoms.